The highest BCUT2D eigenvalue weighted by Crippen LogP contribution is 2.18. The van der Waals surface area contributed by atoms with Gasteiger partial charge in [-0.3, -0.25) is 9.59 Å². The van der Waals surface area contributed by atoms with Gasteiger partial charge in [-0.1, -0.05) is 326 Å². The van der Waals surface area contributed by atoms with Crippen LogP contribution in [0.3, 0.4) is 0 Å². The first-order valence-electron chi connectivity index (χ1n) is 35.4. The van der Waals surface area contributed by atoms with Gasteiger partial charge >= 0.3 is 5.97 Å². The van der Waals surface area contributed by atoms with E-state index in [1.807, 2.05) is 6.08 Å². The molecule has 0 saturated carbocycles. The molecule has 6 nitrogen and oxygen atoms in total. The lowest BCUT2D eigenvalue weighted by molar-refractivity contribution is -0.143. The number of amides is 1. The largest absolute Gasteiger partial charge is 0.466 e. The minimum absolute atomic E-state index is 0.00282. The van der Waals surface area contributed by atoms with Crippen molar-refractivity contribution >= 4 is 11.9 Å². The van der Waals surface area contributed by atoms with E-state index in [1.165, 1.54) is 302 Å². The Hall–Kier alpha value is -2.18. The molecule has 0 spiro atoms. The van der Waals surface area contributed by atoms with Crippen molar-refractivity contribution in [3.63, 3.8) is 0 Å². The van der Waals surface area contributed by atoms with Gasteiger partial charge in [-0.05, 0) is 89.9 Å². The van der Waals surface area contributed by atoms with Crippen LogP contribution in [-0.2, 0) is 14.3 Å². The zero-order chi connectivity index (χ0) is 57.1. The lowest BCUT2D eigenvalue weighted by Crippen LogP contribution is -2.45. The van der Waals surface area contributed by atoms with Crippen LogP contribution >= 0.6 is 0 Å². The van der Waals surface area contributed by atoms with Gasteiger partial charge in [0, 0.05) is 12.8 Å². The number of nitrogens with one attached hydrogen (secondary N) is 1. The van der Waals surface area contributed by atoms with Gasteiger partial charge < -0.3 is 20.3 Å². The van der Waals surface area contributed by atoms with Crippen LogP contribution in [0.5, 0.6) is 0 Å². The summed E-state index contributed by atoms with van der Waals surface area (Å²) in [7, 11) is 0. The molecule has 0 rings (SSSR count). The third kappa shape index (κ3) is 64.8. The first-order valence-corrected chi connectivity index (χ1v) is 35.4. The van der Waals surface area contributed by atoms with Crippen molar-refractivity contribution in [1.82, 2.24) is 5.32 Å². The molecule has 0 aliphatic rings. The van der Waals surface area contributed by atoms with Gasteiger partial charge in [0.2, 0.25) is 5.91 Å². The second-order valence-corrected chi connectivity index (χ2v) is 24.2. The van der Waals surface area contributed by atoms with E-state index in [1.54, 1.807) is 6.08 Å². The molecule has 0 aromatic carbocycles. The Morgan fingerprint density at radius 2 is 0.633 bits per heavy atom. The number of hydrogen-bond acceptors (Lipinski definition) is 5. The molecule has 2 unspecified atom stereocenters. The summed E-state index contributed by atoms with van der Waals surface area (Å²) >= 11 is 0. The second kappa shape index (κ2) is 68.3. The molecule has 3 N–H and O–H groups in total. The minimum atomic E-state index is -0.844. The molecule has 0 bridgehead atoms. The summed E-state index contributed by atoms with van der Waals surface area (Å²) < 4.78 is 5.49. The molecule has 1 amide bonds. The lowest BCUT2D eigenvalue weighted by atomic mass is 10.0. The van der Waals surface area contributed by atoms with E-state index in [0.717, 1.165) is 51.4 Å². The quantitative estimate of drug-likeness (QED) is 0.0320. The maximum atomic E-state index is 12.5. The average molecular weight is 1110 g/mol. The van der Waals surface area contributed by atoms with Gasteiger partial charge in [-0.15, -0.1) is 0 Å². The van der Waals surface area contributed by atoms with Gasteiger partial charge in [0.1, 0.15) is 0 Å². The molecule has 6 heteroatoms. The van der Waals surface area contributed by atoms with Crippen LogP contribution < -0.4 is 5.32 Å². The zero-order valence-corrected chi connectivity index (χ0v) is 53.1. The summed E-state index contributed by atoms with van der Waals surface area (Å²) in [5.74, 6) is -0.0614. The highest BCUT2D eigenvalue weighted by atomic mass is 16.5. The number of esters is 1. The van der Waals surface area contributed by atoms with Gasteiger partial charge in [0.15, 0.2) is 0 Å². The SMILES string of the molecule is CCCCC/C=C\C/C=C\CCCCCCCC(=O)OCCCCCCCCCCCCCC/C=C\CCCCCCCCCCCCCCCCC(=O)NC(CO)C(O)/C=C/CCCCCCCCCCCCCCCCC. The van der Waals surface area contributed by atoms with Crippen molar-refractivity contribution < 1.29 is 24.5 Å². The van der Waals surface area contributed by atoms with E-state index in [2.05, 4.69) is 55.6 Å². The fourth-order valence-corrected chi connectivity index (χ4v) is 10.9. The van der Waals surface area contributed by atoms with E-state index in [4.69, 9.17) is 4.74 Å². The average Bonchev–Trinajstić information content (AvgIpc) is 3.45. The normalized spacial score (nSPS) is 12.8. The number of unbranched alkanes of at least 4 members (excludes halogenated alkanes) is 49. The highest BCUT2D eigenvalue weighted by molar-refractivity contribution is 5.76. The predicted molar refractivity (Wildman–Crippen MR) is 347 cm³/mol. The summed E-state index contributed by atoms with van der Waals surface area (Å²) in [6.45, 7) is 4.90. The Labute approximate surface area is 493 Å². The number of ether oxygens (including phenoxy) is 1. The Morgan fingerprint density at radius 3 is 1.00 bits per heavy atom. The van der Waals surface area contributed by atoms with Gasteiger partial charge in [0.05, 0.1) is 25.4 Å². The van der Waals surface area contributed by atoms with Crippen molar-refractivity contribution in [2.75, 3.05) is 13.2 Å². The van der Waals surface area contributed by atoms with Crippen LogP contribution in [-0.4, -0.2) is 47.4 Å². The fraction of sp³-hybridized carbons (Fsp3) is 0.863. The maximum Gasteiger partial charge on any atom is 0.305 e. The number of hydrogen-bond donors (Lipinski definition) is 3. The molecule has 0 radical (unpaired) electrons. The second-order valence-electron chi connectivity index (χ2n) is 24.2. The Kier molecular flexibility index (Phi) is 66.4. The van der Waals surface area contributed by atoms with Crippen LogP contribution in [0.25, 0.3) is 0 Å². The lowest BCUT2D eigenvalue weighted by Gasteiger charge is -2.20. The number of allylic oxidation sites excluding steroid dienone is 7. The van der Waals surface area contributed by atoms with E-state index in [-0.39, 0.29) is 18.5 Å². The Bertz CT molecular complexity index is 1320. The van der Waals surface area contributed by atoms with Gasteiger partial charge in [-0.2, -0.15) is 0 Å². The fourth-order valence-electron chi connectivity index (χ4n) is 10.9. The van der Waals surface area contributed by atoms with Crippen molar-refractivity contribution in [2.45, 2.75) is 392 Å². The summed E-state index contributed by atoms with van der Waals surface area (Å²) in [5.41, 5.74) is 0. The van der Waals surface area contributed by atoms with Crippen molar-refractivity contribution in [1.29, 1.82) is 0 Å². The number of aliphatic hydroxyl groups excluding tert-OH is 2. The van der Waals surface area contributed by atoms with Crippen molar-refractivity contribution in [2.24, 2.45) is 0 Å². The highest BCUT2D eigenvalue weighted by Gasteiger charge is 2.18. The number of rotatable bonds is 66. The molecule has 0 aromatic rings. The molecule has 0 aliphatic heterocycles. The topological polar surface area (TPSA) is 95.9 Å². The molecule has 0 aromatic heterocycles. The van der Waals surface area contributed by atoms with Gasteiger partial charge in [-0.25, -0.2) is 0 Å². The van der Waals surface area contributed by atoms with Crippen LogP contribution in [0.4, 0.5) is 0 Å². The minimum Gasteiger partial charge on any atom is -0.466 e. The molecule has 0 fully saturated rings. The van der Waals surface area contributed by atoms with Gasteiger partial charge in [0.25, 0.3) is 0 Å². The summed E-state index contributed by atoms with van der Waals surface area (Å²) in [6, 6.07) is -0.628. The molecular formula is C73H137NO5. The van der Waals surface area contributed by atoms with Crippen LogP contribution in [0.1, 0.15) is 380 Å². The Balaban J connectivity index is 3.39. The van der Waals surface area contributed by atoms with Crippen LogP contribution in [0, 0.1) is 0 Å². The third-order valence-corrected chi connectivity index (χ3v) is 16.3. The Morgan fingerprint density at radius 1 is 0.354 bits per heavy atom. The van der Waals surface area contributed by atoms with Crippen LogP contribution in [0.15, 0.2) is 48.6 Å². The number of carbonyl (C=O) groups excluding carboxylic acids is 2. The summed E-state index contributed by atoms with van der Waals surface area (Å²) in [6.07, 6.45) is 89.0. The zero-order valence-electron chi connectivity index (χ0n) is 53.1. The predicted octanol–water partition coefficient (Wildman–Crippen LogP) is 22.9. The first-order chi connectivity index (χ1) is 39.0. The first kappa shape index (κ1) is 76.8. The van der Waals surface area contributed by atoms with Crippen molar-refractivity contribution in [3.05, 3.63) is 48.6 Å². The molecule has 0 aliphatic carbocycles. The van der Waals surface area contributed by atoms with Crippen molar-refractivity contribution in [3.8, 4) is 0 Å². The van der Waals surface area contributed by atoms with Crippen LogP contribution in [0.2, 0.25) is 0 Å². The monoisotopic (exact) mass is 1110 g/mol. The molecule has 464 valence electrons. The van der Waals surface area contributed by atoms with E-state index >= 15 is 0 Å². The number of aliphatic hydroxyl groups is 2. The summed E-state index contributed by atoms with van der Waals surface area (Å²) in [4.78, 5) is 24.6. The maximum absolute atomic E-state index is 12.5. The smallest absolute Gasteiger partial charge is 0.305 e. The van der Waals surface area contributed by atoms with E-state index in [0.29, 0.717) is 19.4 Å². The molecule has 0 heterocycles. The number of carbonyl (C=O) groups is 2. The molecule has 2 atom stereocenters. The molecule has 79 heavy (non-hydrogen) atoms. The molecule has 0 saturated heterocycles. The summed E-state index contributed by atoms with van der Waals surface area (Å²) in [5, 5.41) is 23.2. The van der Waals surface area contributed by atoms with E-state index in [9.17, 15) is 19.8 Å². The standard InChI is InChI=1S/C73H137NO5/c1-3-5-7-9-11-13-15-17-19-34-38-41-45-49-53-57-61-65-71(76)70(69-75)74-72(77)66-62-58-54-50-46-42-39-35-32-30-28-26-24-22-20-21-23-25-27-29-31-33-36-40-44-48-52-56-60-64-68-79-73(78)67-63-59-55-51-47-43-37-18-16-14-12-10-8-6-4-2/h12,14,18,21,23,37,61,65,70-71,75-76H,3-11,13,15-17,19-20,22,24-36,38-60,62-64,66-69H2,1-2H3,(H,74,77)/b14-12-,23-21-,37-18-,65-61+. The molecular weight excluding hydrogens is 971 g/mol. The van der Waals surface area contributed by atoms with E-state index < -0.39 is 12.1 Å². The third-order valence-electron chi connectivity index (χ3n) is 16.3.